The first-order chi connectivity index (χ1) is 8.39. The van der Waals surface area contributed by atoms with Gasteiger partial charge in [0.05, 0.1) is 12.5 Å². The van der Waals surface area contributed by atoms with Crippen LogP contribution in [0.2, 0.25) is 5.02 Å². The van der Waals surface area contributed by atoms with Crippen molar-refractivity contribution in [2.24, 2.45) is 0 Å². The van der Waals surface area contributed by atoms with Gasteiger partial charge in [0.1, 0.15) is 11.3 Å². The van der Waals surface area contributed by atoms with Crippen molar-refractivity contribution >= 4 is 22.6 Å². The summed E-state index contributed by atoms with van der Waals surface area (Å²) in [5, 5.41) is 3.82. The highest BCUT2D eigenvalue weighted by atomic mass is 35.5. The Bertz CT molecular complexity index is 550. The highest BCUT2D eigenvalue weighted by Crippen LogP contribution is 2.32. The summed E-state index contributed by atoms with van der Waals surface area (Å²) in [6.45, 7) is 0. The van der Waals surface area contributed by atoms with Crippen molar-refractivity contribution in [1.82, 2.24) is 5.32 Å². The third-order valence-electron chi connectivity index (χ3n) is 2.62. The van der Waals surface area contributed by atoms with E-state index in [1.54, 1.807) is 24.3 Å². The zero-order valence-corrected chi connectivity index (χ0v) is 10.3. The lowest BCUT2D eigenvalue weighted by Crippen LogP contribution is -2.23. The summed E-state index contributed by atoms with van der Waals surface area (Å²) in [5.74, 6) is 0.257. The number of alkyl halides is 3. The molecule has 0 fully saturated rings. The summed E-state index contributed by atoms with van der Waals surface area (Å²) < 4.78 is 42.6. The maximum absolute atomic E-state index is 12.4. The van der Waals surface area contributed by atoms with Gasteiger partial charge in [-0.05, 0) is 31.3 Å². The van der Waals surface area contributed by atoms with E-state index < -0.39 is 18.6 Å². The average Bonchev–Trinajstić information content (AvgIpc) is 2.67. The van der Waals surface area contributed by atoms with E-state index in [2.05, 4.69) is 5.32 Å². The fourth-order valence-electron chi connectivity index (χ4n) is 1.78. The molecule has 6 heteroatoms. The molecule has 0 saturated carbocycles. The predicted octanol–water partition coefficient (Wildman–Crippen LogP) is 4.30. The lowest BCUT2D eigenvalue weighted by Gasteiger charge is -2.15. The Hall–Kier alpha value is -1.20. The molecular weight excluding hydrogens is 267 g/mol. The van der Waals surface area contributed by atoms with E-state index in [-0.39, 0.29) is 5.76 Å². The Morgan fingerprint density at radius 2 is 2.06 bits per heavy atom. The molecule has 0 aliphatic rings. The molecule has 1 atom stereocenters. The van der Waals surface area contributed by atoms with E-state index >= 15 is 0 Å². The highest BCUT2D eigenvalue weighted by Gasteiger charge is 2.33. The zero-order valence-electron chi connectivity index (χ0n) is 9.51. The molecule has 0 amide bonds. The number of hydrogen-bond donors (Lipinski definition) is 1. The van der Waals surface area contributed by atoms with E-state index in [9.17, 15) is 13.2 Å². The fourth-order valence-corrected chi connectivity index (χ4v) is 1.96. The summed E-state index contributed by atoms with van der Waals surface area (Å²) in [6, 6.07) is 5.62. The molecule has 1 heterocycles. The van der Waals surface area contributed by atoms with Gasteiger partial charge in [-0.25, -0.2) is 0 Å². The van der Waals surface area contributed by atoms with Crippen LogP contribution in [0.3, 0.4) is 0 Å². The van der Waals surface area contributed by atoms with Crippen LogP contribution in [-0.4, -0.2) is 13.2 Å². The van der Waals surface area contributed by atoms with Gasteiger partial charge < -0.3 is 9.73 Å². The van der Waals surface area contributed by atoms with Gasteiger partial charge in [0.2, 0.25) is 0 Å². The largest absolute Gasteiger partial charge is 0.459 e. The van der Waals surface area contributed by atoms with Crippen LogP contribution in [0.15, 0.2) is 28.7 Å². The van der Waals surface area contributed by atoms with Crippen LogP contribution in [0.4, 0.5) is 13.2 Å². The maximum atomic E-state index is 12.4. The number of hydrogen-bond acceptors (Lipinski definition) is 2. The standard InChI is InChI=1S/C12H11ClF3NO/c1-17-9(6-12(14,15)16)11-5-7-4-8(13)2-3-10(7)18-11/h2-5,9,17H,6H2,1H3. The molecule has 0 saturated heterocycles. The van der Waals surface area contributed by atoms with Crippen LogP contribution < -0.4 is 5.32 Å². The van der Waals surface area contributed by atoms with Crippen LogP contribution in [-0.2, 0) is 0 Å². The first-order valence-electron chi connectivity index (χ1n) is 5.32. The number of fused-ring (bicyclic) bond motifs is 1. The van der Waals surface area contributed by atoms with Gasteiger partial charge in [-0.1, -0.05) is 11.6 Å². The van der Waals surface area contributed by atoms with Crippen molar-refractivity contribution in [3.8, 4) is 0 Å². The summed E-state index contributed by atoms with van der Waals surface area (Å²) in [6.07, 6.45) is -5.22. The molecule has 98 valence electrons. The molecule has 2 nitrogen and oxygen atoms in total. The first kappa shape index (κ1) is 13.2. The van der Waals surface area contributed by atoms with Crippen LogP contribution in [0.5, 0.6) is 0 Å². The molecule has 2 aromatic rings. The zero-order chi connectivity index (χ0) is 13.3. The van der Waals surface area contributed by atoms with E-state index in [4.69, 9.17) is 16.0 Å². The van der Waals surface area contributed by atoms with Crippen LogP contribution >= 0.6 is 11.6 Å². The molecule has 1 unspecified atom stereocenters. The molecule has 18 heavy (non-hydrogen) atoms. The number of furan rings is 1. The van der Waals surface area contributed by atoms with Crippen LogP contribution in [0.1, 0.15) is 18.2 Å². The Labute approximate surface area is 107 Å². The van der Waals surface area contributed by atoms with E-state index in [1.807, 2.05) is 0 Å². The van der Waals surface area contributed by atoms with Crippen molar-refractivity contribution in [3.63, 3.8) is 0 Å². The number of halogens is 4. The molecule has 0 aliphatic carbocycles. The summed E-state index contributed by atoms with van der Waals surface area (Å²) >= 11 is 5.81. The van der Waals surface area contributed by atoms with Gasteiger partial charge in [0.25, 0.3) is 0 Å². The molecule has 0 aliphatic heterocycles. The van der Waals surface area contributed by atoms with Crippen molar-refractivity contribution in [3.05, 3.63) is 35.0 Å². The maximum Gasteiger partial charge on any atom is 0.391 e. The van der Waals surface area contributed by atoms with Crippen molar-refractivity contribution < 1.29 is 17.6 Å². The molecule has 1 N–H and O–H groups in total. The second-order valence-corrected chi connectivity index (χ2v) is 4.43. The van der Waals surface area contributed by atoms with Gasteiger partial charge in [-0.2, -0.15) is 13.2 Å². The Morgan fingerprint density at radius 1 is 1.33 bits per heavy atom. The minimum atomic E-state index is -4.25. The monoisotopic (exact) mass is 277 g/mol. The van der Waals surface area contributed by atoms with Gasteiger partial charge in [-0.15, -0.1) is 0 Å². The molecule has 2 rings (SSSR count). The molecule has 0 radical (unpaired) electrons. The second-order valence-electron chi connectivity index (χ2n) is 3.99. The Kier molecular flexibility index (Phi) is 3.54. The summed E-state index contributed by atoms with van der Waals surface area (Å²) in [7, 11) is 1.47. The third-order valence-corrected chi connectivity index (χ3v) is 2.86. The van der Waals surface area contributed by atoms with Gasteiger partial charge in [-0.3, -0.25) is 0 Å². The number of nitrogens with one attached hydrogen (secondary N) is 1. The van der Waals surface area contributed by atoms with E-state index in [0.29, 0.717) is 16.0 Å². The first-order valence-corrected chi connectivity index (χ1v) is 5.70. The van der Waals surface area contributed by atoms with Gasteiger partial charge in [0.15, 0.2) is 0 Å². The number of rotatable bonds is 3. The summed E-state index contributed by atoms with van der Waals surface area (Å²) in [5.41, 5.74) is 0.525. The smallest absolute Gasteiger partial charge is 0.391 e. The summed E-state index contributed by atoms with van der Waals surface area (Å²) in [4.78, 5) is 0. The van der Waals surface area contributed by atoms with Crippen LogP contribution in [0.25, 0.3) is 11.0 Å². The molecule has 1 aromatic heterocycles. The predicted molar refractivity (Wildman–Crippen MR) is 63.7 cm³/mol. The van der Waals surface area contributed by atoms with Gasteiger partial charge in [0, 0.05) is 10.4 Å². The molecule has 0 spiro atoms. The van der Waals surface area contributed by atoms with Crippen molar-refractivity contribution in [2.45, 2.75) is 18.6 Å². The minimum Gasteiger partial charge on any atom is -0.459 e. The normalized spacial score (nSPS) is 14.1. The van der Waals surface area contributed by atoms with E-state index in [0.717, 1.165) is 0 Å². The number of benzene rings is 1. The fraction of sp³-hybridized carbons (Fsp3) is 0.333. The quantitative estimate of drug-likeness (QED) is 0.905. The molecule has 1 aromatic carbocycles. The van der Waals surface area contributed by atoms with E-state index in [1.165, 1.54) is 7.05 Å². The lowest BCUT2D eigenvalue weighted by molar-refractivity contribution is -0.141. The molecular formula is C12H11ClF3NO. The lowest BCUT2D eigenvalue weighted by atomic mass is 10.1. The SMILES string of the molecule is CNC(CC(F)(F)F)c1cc2cc(Cl)ccc2o1. The van der Waals surface area contributed by atoms with Crippen molar-refractivity contribution in [1.29, 1.82) is 0 Å². The van der Waals surface area contributed by atoms with Gasteiger partial charge >= 0.3 is 6.18 Å². The molecule has 0 bridgehead atoms. The third kappa shape index (κ3) is 2.97. The highest BCUT2D eigenvalue weighted by molar-refractivity contribution is 6.31. The van der Waals surface area contributed by atoms with Crippen molar-refractivity contribution in [2.75, 3.05) is 7.05 Å². The average molecular weight is 278 g/mol. The van der Waals surface area contributed by atoms with Crippen LogP contribution in [0, 0.1) is 0 Å². The minimum absolute atomic E-state index is 0.257. The Balaban J connectivity index is 2.34. The second kappa shape index (κ2) is 4.82. The Morgan fingerprint density at radius 3 is 2.67 bits per heavy atom. The topological polar surface area (TPSA) is 25.2 Å².